The van der Waals surface area contributed by atoms with E-state index in [9.17, 15) is 0 Å². The molecule has 0 radical (unpaired) electrons. The largest absolute Gasteiger partial charge is 0.341 e. The molecule has 1 atom stereocenters. The summed E-state index contributed by atoms with van der Waals surface area (Å²) in [4.78, 5) is 2.36. The van der Waals surface area contributed by atoms with Gasteiger partial charge in [-0.25, -0.2) is 0 Å². The maximum absolute atomic E-state index is 4.10. The van der Waals surface area contributed by atoms with Crippen LogP contribution in [0.2, 0.25) is 0 Å². The van der Waals surface area contributed by atoms with Crippen molar-refractivity contribution < 1.29 is 0 Å². The van der Waals surface area contributed by atoms with Crippen molar-refractivity contribution in [3.63, 3.8) is 0 Å². The van der Waals surface area contributed by atoms with Crippen LogP contribution >= 0.6 is 11.3 Å². The lowest BCUT2D eigenvalue weighted by molar-refractivity contribution is 0.465. The Bertz CT molecular complexity index is 249. The minimum atomic E-state index is 0.585. The van der Waals surface area contributed by atoms with E-state index >= 15 is 0 Å². The molecule has 72 valence electrons. The number of anilines is 1. The second-order valence-corrected chi connectivity index (χ2v) is 3.99. The summed E-state index contributed by atoms with van der Waals surface area (Å²) in [6.45, 7) is 5.38. The first kappa shape index (κ1) is 8.90. The third-order valence-electron chi connectivity index (χ3n) is 2.42. The molecule has 0 spiro atoms. The zero-order valence-electron chi connectivity index (χ0n) is 7.73. The van der Waals surface area contributed by atoms with Gasteiger partial charge in [-0.2, -0.15) is 0 Å². The van der Waals surface area contributed by atoms with Crippen molar-refractivity contribution >= 4 is 16.5 Å². The molecule has 0 aliphatic carbocycles. The van der Waals surface area contributed by atoms with E-state index in [2.05, 4.69) is 27.3 Å². The van der Waals surface area contributed by atoms with Crippen molar-refractivity contribution in [2.24, 2.45) is 0 Å². The predicted octanol–water partition coefficient (Wildman–Crippen LogP) is 0.726. The number of aromatic nitrogens is 2. The highest BCUT2D eigenvalue weighted by Crippen LogP contribution is 2.20. The van der Waals surface area contributed by atoms with Crippen molar-refractivity contribution in [1.29, 1.82) is 0 Å². The Labute approximate surface area is 82.0 Å². The van der Waals surface area contributed by atoms with E-state index in [0.29, 0.717) is 6.04 Å². The lowest BCUT2D eigenvalue weighted by atomic mass is 10.1. The van der Waals surface area contributed by atoms with Crippen LogP contribution in [-0.2, 0) is 0 Å². The smallest absolute Gasteiger partial charge is 0.208 e. The van der Waals surface area contributed by atoms with Gasteiger partial charge in [0.1, 0.15) is 5.51 Å². The zero-order chi connectivity index (χ0) is 9.10. The summed E-state index contributed by atoms with van der Waals surface area (Å²) < 4.78 is 0. The first-order valence-corrected chi connectivity index (χ1v) is 5.53. The standard InChI is InChI=1S/C8H14N4S/c1-2-7-5-9-3-4-12(7)8-11-10-6-13-8/h6-7,9H,2-5H2,1H3. The molecule has 1 aliphatic heterocycles. The molecule has 1 N–H and O–H groups in total. The zero-order valence-corrected chi connectivity index (χ0v) is 8.55. The van der Waals surface area contributed by atoms with Crippen LogP contribution in [0.1, 0.15) is 13.3 Å². The molecule has 0 amide bonds. The number of hydrogen-bond acceptors (Lipinski definition) is 5. The maximum atomic E-state index is 4.10. The van der Waals surface area contributed by atoms with Gasteiger partial charge in [-0.15, -0.1) is 10.2 Å². The van der Waals surface area contributed by atoms with Gasteiger partial charge in [-0.05, 0) is 6.42 Å². The highest BCUT2D eigenvalue weighted by molar-refractivity contribution is 7.13. The molecular weight excluding hydrogens is 184 g/mol. The van der Waals surface area contributed by atoms with E-state index in [1.54, 1.807) is 16.8 Å². The van der Waals surface area contributed by atoms with E-state index in [0.717, 1.165) is 31.2 Å². The number of hydrogen-bond donors (Lipinski definition) is 1. The molecule has 0 bridgehead atoms. The Morgan fingerprint density at radius 1 is 1.77 bits per heavy atom. The van der Waals surface area contributed by atoms with Gasteiger partial charge >= 0.3 is 0 Å². The Kier molecular flexibility index (Phi) is 2.75. The summed E-state index contributed by atoms with van der Waals surface area (Å²) in [5.41, 5.74) is 1.80. The lowest BCUT2D eigenvalue weighted by Gasteiger charge is -2.35. The van der Waals surface area contributed by atoms with Gasteiger partial charge in [0.25, 0.3) is 0 Å². The fraction of sp³-hybridized carbons (Fsp3) is 0.750. The van der Waals surface area contributed by atoms with E-state index in [4.69, 9.17) is 0 Å². The summed E-state index contributed by atoms with van der Waals surface area (Å²) >= 11 is 1.62. The van der Waals surface area contributed by atoms with Crippen molar-refractivity contribution in [2.45, 2.75) is 19.4 Å². The third-order valence-corrected chi connectivity index (χ3v) is 3.14. The number of rotatable bonds is 2. The minimum absolute atomic E-state index is 0.585. The summed E-state index contributed by atoms with van der Waals surface area (Å²) in [5.74, 6) is 0. The highest BCUT2D eigenvalue weighted by Gasteiger charge is 2.22. The Morgan fingerprint density at radius 2 is 2.69 bits per heavy atom. The summed E-state index contributed by atoms with van der Waals surface area (Å²) in [7, 11) is 0. The molecule has 13 heavy (non-hydrogen) atoms. The van der Waals surface area contributed by atoms with Crippen LogP contribution in [0.15, 0.2) is 5.51 Å². The average Bonchev–Trinajstić information content (AvgIpc) is 2.70. The first-order chi connectivity index (χ1) is 6.42. The second kappa shape index (κ2) is 4.02. The van der Waals surface area contributed by atoms with E-state index in [-0.39, 0.29) is 0 Å². The van der Waals surface area contributed by atoms with Crippen LogP contribution in [0.3, 0.4) is 0 Å². The van der Waals surface area contributed by atoms with Crippen LogP contribution < -0.4 is 10.2 Å². The molecule has 4 nitrogen and oxygen atoms in total. The van der Waals surface area contributed by atoms with Crippen LogP contribution in [0.5, 0.6) is 0 Å². The molecule has 1 saturated heterocycles. The van der Waals surface area contributed by atoms with E-state index < -0.39 is 0 Å². The van der Waals surface area contributed by atoms with Crippen LogP contribution in [0, 0.1) is 0 Å². The van der Waals surface area contributed by atoms with E-state index in [1.807, 2.05) is 0 Å². The van der Waals surface area contributed by atoms with Crippen LogP contribution in [0.4, 0.5) is 5.13 Å². The topological polar surface area (TPSA) is 41.0 Å². The van der Waals surface area contributed by atoms with Gasteiger partial charge in [0.2, 0.25) is 5.13 Å². The Hall–Kier alpha value is -0.680. The molecule has 1 aliphatic rings. The van der Waals surface area contributed by atoms with Gasteiger partial charge in [-0.3, -0.25) is 0 Å². The van der Waals surface area contributed by atoms with Crippen molar-refractivity contribution in [1.82, 2.24) is 15.5 Å². The summed E-state index contributed by atoms with van der Waals surface area (Å²) in [6.07, 6.45) is 1.16. The number of nitrogens with zero attached hydrogens (tertiary/aromatic N) is 3. The second-order valence-electron chi connectivity index (χ2n) is 3.18. The van der Waals surface area contributed by atoms with Gasteiger partial charge in [0, 0.05) is 25.7 Å². The van der Waals surface area contributed by atoms with Crippen LogP contribution in [-0.4, -0.2) is 35.9 Å². The average molecular weight is 198 g/mol. The lowest BCUT2D eigenvalue weighted by Crippen LogP contribution is -2.51. The number of piperazine rings is 1. The van der Waals surface area contributed by atoms with Gasteiger partial charge in [0.15, 0.2) is 0 Å². The van der Waals surface area contributed by atoms with Crippen LogP contribution in [0.25, 0.3) is 0 Å². The Morgan fingerprint density at radius 3 is 3.38 bits per heavy atom. The molecule has 5 heteroatoms. The SMILES string of the molecule is CCC1CNCCN1c1nncs1. The fourth-order valence-corrected chi connectivity index (χ4v) is 2.33. The van der Waals surface area contributed by atoms with Gasteiger partial charge < -0.3 is 10.2 Å². The monoisotopic (exact) mass is 198 g/mol. The minimum Gasteiger partial charge on any atom is -0.341 e. The number of nitrogens with one attached hydrogen (secondary N) is 1. The van der Waals surface area contributed by atoms with Gasteiger partial charge in [-0.1, -0.05) is 18.3 Å². The molecule has 1 aromatic heterocycles. The molecule has 1 fully saturated rings. The van der Waals surface area contributed by atoms with Gasteiger partial charge in [0.05, 0.1) is 0 Å². The van der Waals surface area contributed by atoms with Crippen molar-refractivity contribution in [3.8, 4) is 0 Å². The molecule has 1 unspecified atom stereocenters. The molecule has 2 rings (SSSR count). The highest BCUT2D eigenvalue weighted by atomic mass is 32.1. The quantitative estimate of drug-likeness (QED) is 0.760. The van der Waals surface area contributed by atoms with Crippen molar-refractivity contribution in [2.75, 3.05) is 24.5 Å². The maximum Gasteiger partial charge on any atom is 0.208 e. The normalized spacial score (nSPS) is 23.5. The third kappa shape index (κ3) is 1.81. The molecule has 1 aromatic rings. The molecular formula is C8H14N4S. The van der Waals surface area contributed by atoms with Crippen molar-refractivity contribution in [3.05, 3.63) is 5.51 Å². The van der Waals surface area contributed by atoms with E-state index in [1.165, 1.54) is 0 Å². The summed E-state index contributed by atoms with van der Waals surface area (Å²) in [5, 5.41) is 12.4. The Balaban J connectivity index is 2.11. The predicted molar refractivity (Wildman–Crippen MR) is 54.2 cm³/mol. The molecule has 0 saturated carbocycles. The fourth-order valence-electron chi connectivity index (χ4n) is 1.67. The summed E-state index contributed by atoms with van der Waals surface area (Å²) in [6, 6.07) is 0.585. The molecule has 2 heterocycles. The first-order valence-electron chi connectivity index (χ1n) is 4.65. The molecule has 0 aromatic carbocycles.